The number of ether oxygens (including phenoxy) is 3. The number of guanidine groups is 1. The summed E-state index contributed by atoms with van der Waals surface area (Å²) in [4.78, 5) is 58.5. The highest BCUT2D eigenvalue weighted by atomic mass is 16.5. The minimum Gasteiger partial charge on any atom is -0.493 e. The van der Waals surface area contributed by atoms with Crippen molar-refractivity contribution in [3.8, 4) is 22.6 Å². The third-order valence-electron chi connectivity index (χ3n) is 11.5. The maximum atomic E-state index is 14.2. The first-order chi connectivity index (χ1) is 30.7. The van der Waals surface area contributed by atoms with Crippen LogP contribution in [-0.4, -0.2) is 68.4 Å². The topological polar surface area (TPSA) is 202 Å². The van der Waals surface area contributed by atoms with Crippen LogP contribution in [0.25, 0.3) is 32.7 Å². The highest BCUT2D eigenvalue weighted by molar-refractivity contribution is 6.10. The van der Waals surface area contributed by atoms with Gasteiger partial charge in [0.15, 0.2) is 11.6 Å². The molecular formula is C52H75N5O7+2. The first-order valence-electron chi connectivity index (χ1n) is 23.4. The van der Waals surface area contributed by atoms with Gasteiger partial charge in [0.1, 0.15) is 18.1 Å². The lowest BCUT2D eigenvalue weighted by Crippen LogP contribution is -2.78. The zero-order valence-corrected chi connectivity index (χ0v) is 39.2. The van der Waals surface area contributed by atoms with Crippen LogP contribution in [0.3, 0.4) is 0 Å². The quantitative estimate of drug-likeness (QED) is 0.0180. The highest BCUT2D eigenvalue weighted by Gasteiger charge is 2.32. The number of amides is 1. The fraction of sp³-hybridized carbons (Fsp3) is 0.519. The van der Waals surface area contributed by atoms with Crippen molar-refractivity contribution in [2.45, 2.75) is 112 Å². The summed E-state index contributed by atoms with van der Waals surface area (Å²) in [5, 5.41) is 7.03. The molecule has 0 spiro atoms. The van der Waals surface area contributed by atoms with E-state index in [-0.39, 0.29) is 61.8 Å². The molecule has 0 fully saturated rings. The summed E-state index contributed by atoms with van der Waals surface area (Å²) in [5.41, 5.74) is 16.9. The average Bonchev–Trinajstić information content (AvgIpc) is 3.25. The lowest BCUT2D eigenvalue weighted by molar-refractivity contribution is -0.459. The predicted octanol–water partition coefficient (Wildman–Crippen LogP) is 6.28. The molecule has 0 bridgehead atoms. The first-order valence-corrected chi connectivity index (χ1v) is 23.4. The third-order valence-corrected chi connectivity index (χ3v) is 11.5. The van der Waals surface area contributed by atoms with Crippen LogP contribution in [0.1, 0.15) is 106 Å². The number of nitrogens with two attached hydrogens (primary N) is 2. The Morgan fingerprint density at radius 3 is 1.83 bits per heavy atom. The molecule has 9 N–H and O–H groups in total. The van der Waals surface area contributed by atoms with Gasteiger partial charge >= 0.3 is 11.9 Å². The molecule has 0 unspecified atom stereocenters. The zero-order chi connectivity index (χ0) is 46.6. The van der Waals surface area contributed by atoms with Crippen LogP contribution >= 0.6 is 0 Å². The maximum absolute atomic E-state index is 14.2. The zero-order valence-electron chi connectivity index (χ0n) is 39.2. The fourth-order valence-corrected chi connectivity index (χ4v) is 7.92. The van der Waals surface area contributed by atoms with Crippen LogP contribution in [0, 0.1) is 29.6 Å². The van der Waals surface area contributed by atoms with Crippen LogP contribution in [-0.2, 0) is 23.9 Å². The Balaban J connectivity index is 1.60. The van der Waals surface area contributed by atoms with Crippen LogP contribution in [0.15, 0.2) is 72.8 Å². The van der Waals surface area contributed by atoms with Crippen LogP contribution < -0.4 is 37.0 Å². The molecule has 12 nitrogen and oxygen atoms in total. The van der Waals surface area contributed by atoms with E-state index in [0.717, 1.165) is 57.7 Å². The molecule has 4 rings (SSSR count). The van der Waals surface area contributed by atoms with Crippen molar-refractivity contribution in [2.24, 2.45) is 41.1 Å². The van der Waals surface area contributed by atoms with Gasteiger partial charge in [0.25, 0.3) is 0 Å². The van der Waals surface area contributed by atoms with E-state index >= 15 is 0 Å². The standard InChI is InChI=1S/C52H73N5O7/c1-34(2)24-28-62-46-22-20-37-14-7-9-17-42(37)48(46)49-43-18-10-8-15-38(43)21-23-47(49)64-33-41(58)31-39(16-11-12-26-53)50(60)57-44(19-13-27-56-52(54)55)45(59)32-40(30-36(5)6)51(61)63-29-25-35(3)4/h7-10,14-15,17-18,20-23,34-36,39-40,44H,11-13,16,19,24-33,53H2,1-6H3,(H,57,60)(H4,54,55,56)/p+2/t39-,40+,44+/m0/s1. The Labute approximate surface area is 380 Å². The molecule has 64 heavy (non-hydrogen) atoms. The van der Waals surface area contributed by atoms with Gasteiger partial charge in [-0.1, -0.05) is 102 Å². The van der Waals surface area contributed by atoms with E-state index in [1.165, 1.54) is 0 Å². The summed E-state index contributed by atoms with van der Waals surface area (Å²) in [6.45, 7) is 14.1. The van der Waals surface area contributed by atoms with Crippen molar-refractivity contribution < 1.29 is 44.1 Å². The smallest absolute Gasteiger partial charge is 0.338 e. The summed E-state index contributed by atoms with van der Waals surface area (Å²) in [6.07, 6.45) is 4.58. The van der Waals surface area contributed by atoms with E-state index in [1.807, 2.05) is 56.3 Å². The number of fused-ring (bicyclic) bond motifs is 2. The molecule has 4 aromatic rings. The molecule has 0 radical (unpaired) electrons. The van der Waals surface area contributed by atoms with E-state index < -0.39 is 23.8 Å². The molecule has 0 aromatic heterocycles. The average molecular weight is 882 g/mol. The number of hydrogen-bond donors (Lipinski definition) is 5. The Morgan fingerprint density at radius 2 is 1.25 bits per heavy atom. The summed E-state index contributed by atoms with van der Waals surface area (Å²) in [5.74, 6) is -0.364. The van der Waals surface area contributed by atoms with Gasteiger partial charge in [-0.3, -0.25) is 35.6 Å². The van der Waals surface area contributed by atoms with Gasteiger partial charge in [0, 0.05) is 29.9 Å². The number of esters is 1. The molecule has 0 saturated heterocycles. The van der Waals surface area contributed by atoms with Crippen LogP contribution in [0.5, 0.6) is 11.5 Å². The normalized spacial score (nSPS) is 12.9. The maximum Gasteiger partial charge on any atom is 0.338 e. The summed E-state index contributed by atoms with van der Waals surface area (Å²) in [7, 11) is 0. The van der Waals surface area contributed by atoms with Gasteiger partial charge in [-0.25, -0.2) is 0 Å². The fourth-order valence-electron chi connectivity index (χ4n) is 7.92. The minimum absolute atomic E-state index is 0.0580. The Morgan fingerprint density at radius 1 is 0.656 bits per heavy atom. The first kappa shape index (κ1) is 51.1. The second-order valence-electron chi connectivity index (χ2n) is 18.4. The van der Waals surface area contributed by atoms with Crippen molar-refractivity contribution in [3.05, 3.63) is 72.8 Å². The van der Waals surface area contributed by atoms with Gasteiger partial charge < -0.3 is 25.3 Å². The van der Waals surface area contributed by atoms with E-state index in [1.54, 1.807) is 0 Å². The second kappa shape index (κ2) is 26.3. The van der Waals surface area contributed by atoms with E-state index in [4.69, 9.17) is 25.7 Å². The van der Waals surface area contributed by atoms with Gasteiger partial charge in [-0.15, -0.1) is 0 Å². The minimum atomic E-state index is -0.897. The number of ketones is 2. The second-order valence-corrected chi connectivity index (χ2v) is 18.4. The number of nitrogens with one attached hydrogen (secondary N) is 2. The number of quaternary nitrogens is 1. The number of carbonyl (C=O) groups is 4. The Hall–Kier alpha value is -5.49. The van der Waals surface area contributed by atoms with Gasteiger partial charge in [0.05, 0.1) is 38.3 Å². The van der Waals surface area contributed by atoms with E-state index in [9.17, 15) is 19.2 Å². The molecule has 0 saturated carbocycles. The molecule has 0 heterocycles. The van der Waals surface area contributed by atoms with Gasteiger partial charge in [0.2, 0.25) is 5.91 Å². The number of Topliss-reactive ketones (excluding diaryl/α,β-unsaturated/α-hetero) is 2. The van der Waals surface area contributed by atoms with Crippen molar-refractivity contribution in [1.29, 1.82) is 0 Å². The van der Waals surface area contributed by atoms with Crippen molar-refractivity contribution in [1.82, 2.24) is 5.32 Å². The Bertz CT molecular complexity index is 2160. The molecular weight excluding hydrogens is 807 g/mol. The van der Waals surface area contributed by atoms with Gasteiger partial charge in [-0.05, 0) is 103 Å². The molecule has 12 heteroatoms. The number of rotatable bonds is 29. The molecule has 0 aliphatic rings. The summed E-state index contributed by atoms with van der Waals surface area (Å²) in [6, 6.07) is 23.3. The van der Waals surface area contributed by atoms with Crippen LogP contribution in [0.4, 0.5) is 0 Å². The van der Waals surface area contributed by atoms with Gasteiger partial charge in [-0.2, -0.15) is 0 Å². The SMILES string of the molecule is CC(C)CCOC(=O)[C@@H](CC(=O)[C@@H](CCC[NH+]=C(N)N)NC(=O)[C@@H](CCCC[NH3+])CC(=O)COc1ccc2ccccc2c1-c1c(OCCC(C)C)ccc2ccccc12)CC(C)C. The molecule has 0 aliphatic heterocycles. The molecule has 0 aliphatic carbocycles. The van der Waals surface area contributed by atoms with E-state index in [0.29, 0.717) is 63.0 Å². The third kappa shape index (κ3) is 16.3. The Kier molecular flexibility index (Phi) is 21.0. The summed E-state index contributed by atoms with van der Waals surface area (Å²) < 4.78 is 18.6. The number of unbranched alkanes of at least 4 members (excludes halogenated alkanes) is 1. The summed E-state index contributed by atoms with van der Waals surface area (Å²) >= 11 is 0. The van der Waals surface area contributed by atoms with Crippen molar-refractivity contribution in [3.63, 3.8) is 0 Å². The highest BCUT2D eigenvalue weighted by Crippen LogP contribution is 2.45. The van der Waals surface area contributed by atoms with E-state index in [2.05, 4.69) is 74.1 Å². The largest absolute Gasteiger partial charge is 0.493 e. The monoisotopic (exact) mass is 882 g/mol. The van der Waals surface area contributed by atoms with Crippen LogP contribution in [0.2, 0.25) is 0 Å². The molecule has 348 valence electrons. The van der Waals surface area contributed by atoms with Crippen molar-refractivity contribution >= 4 is 50.9 Å². The predicted molar refractivity (Wildman–Crippen MR) is 255 cm³/mol. The lowest BCUT2D eigenvalue weighted by atomic mass is 9.89. The number of hydrogen-bond acceptors (Lipinski definition) is 7. The molecule has 1 amide bonds. The lowest BCUT2D eigenvalue weighted by Gasteiger charge is -2.24. The number of carbonyl (C=O) groups excluding carboxylic acids is 4. The molecule has 4 aromatic carbocycles. The van der Waals surface area contributed by atoms with Crippen molar-refractivity contribution in [2.75, 3.05) is 32.9 Å². The number of benzene rings is 4. The molecule has 3 atom stereocenters.